The number of hydrogen-bond donors (Lipinski definition) is 3. The number of rotatable bonds is 6. The fourth-order valence-electron chi connectivity index (χ4n) is 2.25. The van der Waals surface area contributed by atoms with Crippen molar-refractivity contribution in [1.82, 2.24) is 0 Å². The zero-order chi connectivity index (χ0) is 19.9. The van der Waals surface area contributed by atoms with Crippen LogP contribution in [0.3, 0.4) is 0 Å². The van der Waals surface area contributed by atoms with Crippen LogP contribution in [0, 0.1) is 0 Å². The van der Waals surface area contributed by atoms with Crippen LogP contribution in [0.2, 0.25) is 0 Å². The molecule has 2 aromatic carbocycles. The van der Waals surface area contributed by atoms with Gasteiger partial charge in [0.15, 0.2) is 0 Å². The minimum Gasteiger partial charge on any atom is -0.427 e. The predicted octanol–water partition coefficient (Wildman–Crippen LogP) is 1.33. The highest BCUT2D eigenvalue weighted by Gasteiger charge is 2.36. The smallest absolute Gasteiger partial charge is 0.333 e. The minimum atomic E-state index is -1.08. The molecule has 6 nitrogen and oxygen atoms in total. The van der Waals surface area contributed by atoms with Crippen LogP contribution in [0.15, 0.2) is 20.9 Å². The van der Waals surface area contributed by atoms with Crippen LogP contribution in [-0.2, 0) is 29.5 Å². The van der Waals surface area contributed by atoms with Crippen LogP contribution >= 0.6 is 0 Å². The first-order valence-corrected chi connectivity index (χ1v) is 8.52. The maximum atomic E-state index is 10.2. The molecule has 0 aliphatic carbocycles. The van der Waals surface area contributed by atoms with Gasteiger partial charge in [-0.2, -0.15) is 8.73 Å². The van der Waals surface area contributed by atoms with E-state index in [1.807, 2.05) is 0 Å². The van der Waals surface area contributed by atoms with Crippen LogP contribution < -0.4 is 22.4 Å². The Hall–Kier alpha value is -1.61. The van der Waals surface area contributed by atoms with Gasteiger partial charge in [0.05, 0.1) is 28.3 Å². The molecule has 0 aliphatic rings. The lowest BCUT2D eigenvalue weighted by Crippen LogP contribution is -2.49. The second kappa shape index (κ2) is 7.19. The second-order valence-electron chi connectivity index (χ2n) is 7.04. The molecule has 0 aromatic heterocycles. The molecule has 0 amide bonds. The molecule has 3 radical (unpaired) electrons. The Kier molecular flexibility index (Phi) is 5.72. The number of aliphatic hydroxyl groups is 1. The molecule has 2 rings (SSSR count). The normalized spacial score (nSPS) is 12.2. The molecule has 0 unspecified atom stereocenters. The first kappa shape index (κ1) is 20.7. The Bertz CT molecular complexity index is 898. The molecular formula is C16H19B2N4O2S2. The Morgan fingerprint density at radius 3 is 2.12 bits per heavy atom. The van der Waals surface area contributed by atoms with Crippen molar-refractivity contribution in [2.24, 2.45) is 8.73 Å². The summed E-state index contributed by atoms with van der Waals surface area (Å²) in [5.74, 6) is 0. The van der Waals surface area contributed by atoms with Crippen LogP contribution in [-0.4, -0.2) is 31.6 Å². The van der Waals surface area contributed by atoms with E-state index < -0.39 is 11.2 Å². The van der Waals surface area contributed by atoms with Crippen molar-refractivity contribution in [2.75, 3.05) is 11.5 Å². The van der Waals surface area contributed by atoms with E-state index in [4.69, 9.17) is 48.8 Å². The third kappa shape index (κ3) is 3.59. The topological polar surface area (TPSA) is 106 Å². The highest BCUT2D eigenvalue weighted by Crippen LogP contribution is 2.37. The lowest BCUT2D eigenvalue weighted by molar-refractivity contribution is -0.0893. The number of fused-ring (bicyclic) bond motifs is 1. The molecule has 0 saturated carbocycles. The number of nitrogen functional groups attached to an aromatic ring is 2. The summed E-state index contributed by atoms with van der Waals surface area (Å²) in [6, 6.07) is 3.37. The highest BCUT2D eigenvalue weighted by atomic mass is 32.1. The van der Waals surface area contributed by atoms with Crippen LogP contribution in [0.5, 0.6) is 0 Å². The fraction of sp³-hybridized carbons (Fsp3) is 0.375. The molecular weight excluding hydrogens is 366 g/mol. The van der Waals surface area contributed by atoms with Gasteiger partial charge in [0.1, 0.15) is 13.5 Å². The van der Waals surface area contributed by atoms with E-state index in [2.05, 4.69) is 8.73 Å². The van der Waals surface area contributed by atoms with Crippen LogP contribution in [0.25, 0.3) is 10.8 Å². The van der Waals surface area contributed by atoms with Gasteiger partial charge < -0.3 is 21.2 Å². The van der Waals surface area contributed by atoms with E-state index in [9.17, 15) is 5.11 Å². The van der Waals surface area contributed by atoms with E-state index in [1.165, 1.54) is 7.48 Å². The maximum absolute atomic E-state index is 10.2. The van der Waals surface area contributed by atoms with E-state index in [-0.39, 0.29) is 0 Å². The first-order chi connectivity index (χ1) is 11.9. The molecule has 0 spiro atoms. The fourth-order valence-corrected chi connectivity index (χ4v) is 2.65. The van der Waals surface area contributed by atoms with Crippen molar-refractivity contribution in [3.05, 3.63) is 12.1 Å². The summed E-state index contributed by atoms with van der Waals surface area (Å²) in [4.78, 5) is 0. The molecule has 0 aliphatic heterocycles. The molecule has 5 N–H and O–H groups in total. The van der Waals surface area contributed by atoms with Crippen molar-refractivity contribution in [3.63, 3.8) is 0 Å². The van der Waals surface area contributed by atoms with Crippen molar-refractivity contribution in [2.45, 2.75) is 38.9 Å². The molecule has 2 aromatic rings. The zero-order valence-electron chi connectivity index (χ0n) is 15.0. The van der Waals surface area contributed by atoms with Gasteiger partial charge in [0, 0.05) is 35.6 Å². The SMILES string of the molecule is [B]c1cc2c(N=S)c(N)c([B]OC(C)(C)C(C)(C)O)cc2c(N)c1N=S. The number of anilines is 2. The van der Waals surface area contributed by atoms with E-state index in [0.29, 0.717) is 44.4 Å². The summed E-state index contributed by atoms with van der Waals surface area (Å²) in [6.07, 6.45) is 0. The number of nitrogens with zero attached hydrogens (tertiary/aromatic N) is 2. The Balaban J connectivity index is 2.63. The lowest BCUT2D eigenvalue weighted by atomic mass is 9.79. The van der Waals surface area contributed by atoms with Gasteiger partial charge in [-0.25, -0.2) is 0 Å². The molecule has 0 fully saturated rings. The Labute approximate surface area is 165 Å². The second-order valence-corrected chi connectivity index (χ2v) is 7.40. The summed E-state index contributed by atoms with van der Waals surface area (Å²) < 4.78 is 13.4. The molecule has 10 heteroatoms. The Morgan fingerprint density at radius 2 is 1.62 bits per heavy atom. The van der Waals surface area contributed by atoms with Crippen molar-refractivity contribution >= 4 is 84.6 Å². The maximum Gasteiger partial charge on any atom is 0.333 e. The average molecular weight is 385 g/mol. The van der Waals surface area contributed by atoms with Gasteiger partial charge in [0.2, 0.25) is 0 Å². The van der Waals surface area contributed by atoms with Gasteiger partial charge >= 0.3 is 7.48 Å². The molecule has 0 atom stereocenters. The van der Waals surface area contributed by atoms with Gasteiger partial charge in [-0.15, -0.1) is 0 Å². The van der Waals surface area contributed by atoms with Crippen molar-refractivity contribution in [3.8, 4) is 0 Å². The first-order valence-electron chi connectivity index (χ1n) is 7.79. The third-order valence-electron chi connectivity index (χ3n) is 4.67. The lowest BCUT2D eigenvalue weighted by Gasteiger charge is -2.37. The van der Waals surface area contributed by atoms with Crippen LogP contribution in [0.4, 0.5) is 22.7 Å². The number of benzene rings is 2. The summed E-state index contributed by atoms with van der Waals surface area (Å²) >= 11 is 9.64. The molecule has 133 valence electrons. The van der Waals surface area contributed by atoms with Gasteiger partial charge in [-0.3, -0.25) is 0 Å². The quantitative estimate of drug-likeness (QED) is 0.512. The number of nitrogens with two attached hydrogens (primary N) is 2. The summed E-state index contributed by atoms with van der Waals surface area (Å²) in [5.41, 5.74) is 12.6. The van der Waals surface area contributed by atoms with E-state index in [0.717, 1.165) is 0 Å². The van der Waals surface area contributed by atoms with E-state index >= 15 is 0 Å². The molecule has 0 saturated heterocycles. The van der Waals surface area contributed by atoms with Gasteiger partial charge in [-0.1, -0.05) is 17.6 Å². The average Bonchev–Trinajstić information content (AvgIpc) is 2.53. The predicted molar refractivity (Wildman–Crippen MR) is 114 cm³/mol. The van der Waals surface area contributed by atoms with Gasteiger partial charge in [0.25, 0.3) is 0 Å². The highest BCUT2D eigenvalue weighted by molar-refractivity contribution is 7.47. The van der Waals surface area contributed by atoms with E-state index in [1.54, 1.807) is 39.8 Å². The molecule has 0 heterocycles. The van der Waals surface area contributed by atoms with Crippen LogP contribution in [0.1, 0.15) is 27.7 Å². The Morgan fingerprint density at radius 1 is 1.04 bits per heavy atom. The third-order valence-corrected chi connectivity index (χ3v) is 5.03. The number of hydrogen-bond acceptors (Lipinski definition) is 8. The summed E-state index contributed by atoms with van der Waals surface area (Å²) in [6.45, 7) is 6.85. The molecule has 26 heavy (non-hydrogen) atoms. The monoisotopic (exact) mass is 385 g/mol. The summed E-state index contributed by atoms with van der Waals surface area (Å²) in [7, 11) is 7.41. The van der Waals surface area contributed by atoms with Gasteiger partial charge in [-0.05, 0) is 33.2 Å². The zero-order valence-corrected chi connectivity index (χ0v) is 16.7. The largest absolute Gasteiger partial charge is 0.427 e. The van der Waals surface area contributed by atoms with Crippen molar-refractivity contribution < 1.29 is 9.76 Å². The minimum absolute atomic E-state index is 0.311. The summed E-state index contributed by atoms with van der Waals surface area (Å²) in [5, 5.41) is 11.5. The van der Waals surface area contributed by atoms with Crippen molar-refractivity contribution in [1.29, 1.82) is 0 Å². The standard InChI is InChI=1S/C16H19B2N4O2S2/c1-15(2,23)16(3,4)24-18-10-6-7-8(13(21-25)12(10)20)5-9(17)14(22-26)11(7)19/h5-6,23H,19-20H2,1-4H3. The molecule has 0 bridgehead atoms.